The summed E-state index contributed by atoms with van der Waals surface area (Å²) in [6.07, 6.45) is -8.00. The Kier molecular flexibility index (Phi) is 9.57. The van der Waals surface area contributed by atoms with Crippen molar-refractivity contribution in [1.82, 2.24) is 5.32 Å². The molecule has 5 saturated carbocycles. The van der Waals surface area contributed by atoms with Crippen LogP contribution in [0.3, 0.4) is 0 Å². The fourth-order valence-electron chi connectivity index (χ4n) is 14.5. The maximum Gasteiger partial charge on any atom is 0.341 e. The summed E-state index contributed by atoms with van der Waals surface area (Å²) in [6, 6.07) is 4.88. The number of carbonyl (C=O) groups excluding carboxylic acids is 6. The maximum atomic E-state index is 14.4. The normalized spacial score (nSPS) is 49.4. The molecule has 1 aromatic rings. The summed E-state index contributed by atoms with van der Waals surface area (Å²) in [5.74, 6) is -11.4. The molecule has 5 aliphatic carbocycles. The Morgan fingerprint density at radius 3 is 2.00 bits per heavy atom. The lowest BCUT2D eigenvalue weighted by Gasteiger charge is -2.67. The van der Waals surface area contributed by atoms with Gasteiger partial charge in [0, 0.05) is 54.9 Å². The summed E-state index contributed by atoms with van der Waals surface area (Å²) < 4.78 is 42.7. The molecular weight excluding hydrogens is 822 g/mol. The van der Waals surface area contributed by atoms with Gasteiger partial charge in [0.2, 0.25) is 5.79 Å². The van der Waals surface area contributed by atoms with Crippen LogP contribution in [0.1, 0.15) is 92.9 Å². The molecule has 3 saturated heterocycles. The number of aliphatic hydroxyl groups excluding tert-OH is 2. The Labute approximate surface area is 365 Å². The summed E-state index contributed by atoms with van der Waals surface area (Å²) in [5.41, 5.74) is -7.00. The maximum absolute atomic E-state index is 14.4. The van der Waals surface area contributed by atoms with E-state index < -0.39 is 165 Å². The van der Waals surface area contributed by atoms with Gasteiger partial charge in [-0.1, -0.05) is 20.8 Å². The van der Waals surface area contributed by atoms with Gasteiger partial charge < -0.3 is 53.8 Å². The van der Waals surface area contributed by atoms with Crippen molar-refractivity contribution in [2.75, 3.05) is 0 Å². The average molecular weight is 882 g/mol. The molecule has 8 aliphatic rings. The lowest BCUT2D eigenvalue weighted by atomic mass is 9.40. The van der Waals surface area contributed by atoms with E-state index >= 15 is 0 Å². The minimum atomic E-state index is -2.16. The Balaban J connectivity index is 1.21. The van der Waals surface area contributed by atoms with Gasteiger partial charge in [-0.25, -0.2) is 4.79 Å². The zero-order valence-corrected chi connectivity index (χ0v) is 37.4. The molecule has 17 heteroatoms. The molecule has 63 heavy (non-hydrogen) atoms. The van der Waals surface area contributed by atoms with Gasteiger partial charge in [0.1, 0.15) is 36.3 Å². The molecule has 1 amide bonds. The third kappa shape index (κ3) is 5.70. The molecule has 0 bridgehead atoms. The van der Waals surface area contributed by atoms with Gasteiger partial charge >= 0.3 is 29.8 Å². The monoisotopic (exact) mass is 881 g/mol. The second-order valence-corrected chi connectivity index (χ2v) is 21.4. The number of amides is 1. The first-order valence-corrected chi connectivity index (χ1v) is 22.0. The van der Waals surface area contributed by atoms with E-state index in [1.54, 1.807) is 27.7 Å². The first kappa shape index (κ1) is 44.1. The van der Waals surface area contributed by atoms with Crippen molar-refractivity contribution in [3.8, 4) is 5.75 Å². The van der Waals surface area contributed by atoms with Gasteiger partial charge in [0.25, 0.3) is 5.91 Å². The van der Waals surface area contributed by atoms with Crippen molar-refractivity contribution in [2.24, 2.45) is 63.1 Å². The van der Waals surface area contributed by atoms with Gasteiger partial charge in [-0.05, 0) is 89.0 Å². The van der Waals surface area contributed by atoms with Crippen LogP contribution in [-0.4, -0.2) is 117 Å². The molecule has 1 aromatic carbocycles. The largest absolute Gasteiger partial charge is 0.459 e. The van der Waals surface area contributed by atoms with Gasteiger partial charge in [0.05, 0.1) is 35.2 Å². The van der Waals surface area contributed by atoms with Crippen LogP contribution in [0, 0.1) is 63.1 Å². The first-order valence-electron chi connectivity index (χ1n) is 22.0. The van der Waals surface area contributed by atoms with E-state index in [0.717, 1.165) is 0 Å². The molecule has 1 spiro atoms. The van der Waals surface area contributed by atoms with Crippen LogP contribution in [0.25, 0.3) is 0 Å². The minimum absolute atomic E-state index is 0.182. The molecule has 0 unspecified atom stereocenters. The molecule has 3 heterocycles. The number of carbonyl (C=O) groups is 6. The molecule has 3 aliphatic heterocycles. The first-order chi connectivity index (χ1) is 29.2. The highest BCUT2D eigenvalue weighted by atomic mass is 16.8. The average Bonchev–Trinajstić information content (AvgIpc) is 4.09. The molecule has 9 rings (SSSR count). The molecule has 4 N–H and O–H groups in total. The van der Waals surface area contributed by atoms with Gasteiger partial charge in [-0.15, -0.1) is 0 Å². The smallest absolute Gasteiger partial charge is 0.341 e. The van der Waals surface area contributed by atoms with Crippen LogP contribution >= 0.6 is 0 Å². The molecule has 17 nitrogen and oxygen atoms in total. The Hall–Kier alpha value is -4.16. The molecule has 21 atom stereocenters. The third-order valence-corrected chi connectivity index (χ3v) is 17.2. The van der Waals surface area contributed by atoms with Crippen LogP contribution < -0.4 is 10.1 Å². The topological polar surface area (TPSA) is 246 Å². The number of nitrogens with one attached hydrogen (secondary N) is 1. The number of rotatable bonds is 6. The number of hydrogen-bond donors (Lipinski definition) is 4. The highest BCUT2D eigenvalue weighted by Gasteiger charge is 2.93. The Morgan fingerprint density at radius 2 is 1.41 bits per heavy atom. The summed E-state index contributed by atoms with van der Waals surface area (Å²) in [5, 5.41) is 41.7. The van der Waals surface area contributed by atoms with Gasteiger partial charge in [-0.3, -0.25) is 24.0 Å². The Morgan fingerprint density at radius 1 is 0.810 bits per heavy atom. The molecular formula is C46H59NO16. The summed E-state index contributed by atoms with van der Waals surface area (Å²) >= 11 is 0. The number of benzene rings is 1. The van der Waals surface area contributed by atoms with Crippen LogP contribution in [0.5, 0.6) is 5.75 Å². The number of ether oxygens (including phenoxy) is 7. The van der Waals surface area contributed by atoms with Crippen LogP contribution in [-0.2, 0) is 52.4 Å². The zero-order valence-electron chi connectivity index (χ0n) is 37.4. The zero-order chi connectivity index (χ0) is 46.0. The molecule has 0 radical (unpaired) electrons. The lowest BCUT2D eigenvalue weighted by molar-refractivity contribution is -0.286. The standard InChI is InChI=1S/C46H59NO16/c1-17-26-29(44(10)45(11,56)40(55)63-46(44)35(17)62-46)32(52)27-25-28(34(57-18(2)48)37(43(26,27)9)59-20(4)50)42(8)23(16-24-33(61-24)36(42)58-19(3)49)30(31(25)51)47-38(53)21-12-14-22(15-13-21)60-39(54)41(5,6)7/h12-15,17,23-37,51-52,56H,16H2,1-11H3,(H,47,53)/t17-,23+,24-,25-,26-,27+,28+,29-,30-,31+,32+,33-,34-,35+,36-,37-,42-,43+,44-,45+,46-/m0/s1. The van der Waals surface area contributed by atoms with E-state index in [1.807, 2.05) is 20.8 Å². The number of epoxide rings is 2. The summed E-state index contributed by atoms with van der Waals surface area (Å²) in [6.45, 7) is 17.4. The number of esters is 5. The second-order valence-electron chi connectivity index (χ2n) is 21.4. The van der Waals surface area contributed by atoms with E-state index in [2.05, 4.69) is 5.32 Å². The third-order valence-electron chi connectivity index (χ3n) is 17.2. The van der Waals surface area contributed by atoms with Crippen LogP contribution in [0.2, 0.25) is 0 Å². The summed E-state index contributed by atoms with van der Waals surface area (Å²) in [7, 11) is 0. The second kappa shape index (κ2) is 13.7. The Bertz CT molecular complexity index is 2170. The van der Waals surface area contributed by atoms with Crippen molar-refractivity contribution < 1.29 is 77.2 Å². The van der Waals surface area contributed by atoms with Crippen molar-refractivity contribution in [2.45, 2.75) is 149 Å². The van der Waals surface area contributed by atoms with E-state index in [4.69, 9.17) is 33.2 Å². The number of fused-ring (bicyclic) bond motifs is 9. The van der Waals surface area contributed by atoms with Crippen molar-refractivity contribution in [3.05, 3.63) is 29.8 Å². The van der Waals surface area contributed by atoms with Crippen molar-refractivity contribution in [3.63, 3.8) is 0 Å². The van der Waals surface area contributed by atoms with Crippen LogP contribution in [0.4, 0.5) is 0 Å². The van der Waals surface area contributed by atoms with Crippen molar-refractivity contribution in [1.29, 1.82) is 0 Å². The van der Waals surface area contributed by atoms with E-state index in [1.165, 1.54) is 52.0 Å². The SMILES string of the molecule is CC(=O)O[C@H]1[C@H]2[C@@H]([C@@H](O)[C@@H](NC(=O)c3ccc(OC(=O)C(C)(C)C)cc3)[C@H]3C[C@@H]4O[C@@H]4[C@H](OC(C)=O)[C@]23C)[C@@H]2[C@@H](O)[C@@H]3[C@H]([C@H](C)[C@H]4O[C@]45OC(=O)[C@@](C)(O)[C@]35C)[C@@]2(C)[C@H]1OC(C)=O. The molecule has 0 aromatic heterocycles. The fourth-order valence-corrected chi connectivity index (χ4v) is 14.5. The van der Waals surface area contributed by atoms with Gasteiger partial charge in [0.15, 0.2) is 5.60 Å². The number of hydrogen-bond acceptors (Lipinski definition) is 16. The minimum Gasteiger partial charge on any atom is -0.459 e. The van der Waals surface area contributed by atoms with Gasteiger partial charge in [-0.2, -0.15) is 0 Å². The van der Waals surface area contributed by atoms with Crippen molar-refractivity contribution >= 4 is 35.8 Å². The quantitative estimate of drug-likeness (QED) is 0.139. The fraction of sp³-hybridized carbons (Fsp3) is 0.739. The van der Waals surface area contributed by atoms with E-state index in [0.29, 0.717) is 0 Å². The predicted molar refractivity (Wildman–Crippen MR) is 213 cm³/mol. The summed E-state index contributed by atoms with van der Waals surface area (Å²) in [4.78, 5) is 80.4. The van der Waals surface area contributed by atoms with E-state index in [9.17, 15) is 44.1 Å². The van der Waals surface area contributed by atoms with Crippen LogP contribution in [0.15, 0.2) is 24.3 Å². The predicted octanol–water partition coefficient (Wildman–Crippen LogP) is 2.23. The highest BCUT2D eigenvalue weighted by Crippen LogP contribution is 2.81. The lowest BCUT2D eigenvalue weighted by Crippen LogP contribution is -2.77. The molecule has 344 valence electrons. The number of aliphatic hydroxyl groups is 3. The molecule has 8 fully saturated rings. The van der Waals surface area contributed by atoms with E-state index in [-0.39, 0.29) is 17.7 Å². The highest BCUT2D eigenvalue weighted by molar-refractivity contribution is 5.94.